The molecule has 0 aliphatic rings. The Morgan fingerprint density at radius 3 is 2.30 bits per heavy atom. The Balaban J connectivity index is 1.55. The summed E-state index contributed by atoms with van der Waals surface area (Å²) >= 11 is 3.50. The standard InChI is InChI=1S/C25H25BrN2O2/c1-17(2)22-13-14-24(23(26)15-22)30-16-25(29)28-27-18(3)19-9-11-21(12-10-19)20-7-5-4-6-8-20/h4-15,17H,16H2,1-3H3,(H,28,29)/b27-18+. The number of halogens is 1. The first-order valence-corrected chi connectivity index (χ1v) is 10.6. The highest BCUT2D eigenvalue weighted by Gasteiger charge is 2.08. The van der Waals surface area contributed by atoms with Crippen molar-refractivity contribution in [1.29, 1.82) is 0 Å². The number of carbonyl (C=O) groups is 1. The minimum atomic E-state index is -0.310. The molecule has 1 amide bonds. The fraction of sp³-hybridized carbons (Fsp3) is 0.200. The molecular weight excluding hydrogens is 440 g/mol. The third kappa shape index (κ3) is 5.80. The summed E-state index contributed by atoms with van der Waals surface area (Å²) in [6.45, 7) is 6.01. The summed E-state index contributed by atoms with van der Waals surface area (Å²) in [4.78, 5) is 12.1. The van der Waals surface area contributed by atoms with Crippen molar-refractivity contribution in [3.63, 3.8) is 0 Å². The van der Waals surface area contributed by atoms with Gasteiger partial charge >= 0.3 is 0 Å². The molecule has 3 aromatic rings. The molecule has 0 saturated carbocycles. The quantitative estimate of drug-likeness (QED) is 0.336. The molecule has 4 nitrogen and oxygen atoms in total. The number of hydrogen-bond acceptors (Lipinski definition) is 3. The second kappa shape index (κ2) is 10.2. The zero-order chi connectivity index (χ0) is 21.5. The molecule has 0 bridgehead atoms. The summed E-state index contributed by atoms with van der Waals surface area (Å²) in [6, 6.07) is 24.2. The van der Waals surface area contributed by atoms with E-state index in [4.69, 9.17) is 4.74 Å². The second-order valence-electron chi connectivity index (χ2n) is 7.31. The van der Waals surface area contributed by atoms with Gasteiger partial charge in [0.25, 0.3) is 5.91 Å². The topological polar surface area (TPSA) is 50.7 Å². The Hall–Kier alpha value is -2.92. The van der Waals surface area contributed by atoms with Crippen LogP contribution in [0.1, 0.15) is 37.8 Å². The summed E-state index contributed by atoms with van der Waals surface area (Å²) in [5.74, 6) is 0.750. The van der Waals surface area contributed by atoms with Crippen LogP contribution in [0, 0.1) is 0 Å². The predicted octanol–water partition coefficient (Wildman–Crippen LogP) is 6.16. The second-order valence-corrected chi connectivity index (χ2v) is 8.16. The number of benzene rings is 3. The third-order valence-corrected chi connectivity index (χ3v) is 5.36. The van der Waals surface area contributed by atoms with E-state index in [1.165, 1.54) is 5.56 Å². The summed E-state index contributed by atoms with van der Waals surface area (Å²) in [7, 11) is 0. The predicted molar refractivity (Wildman–Crippen MR) is 126 cm³/mol. The first-order chi connectivity index (χ1) is 14.4. The van der Waals surface area contributed by atoms with E-state index in [9.17, 15) is 4.79 Å². The van der Waals surface area contributed by atoms with Gasteiger partial charge in [-0.3, -0.25) is 4.79 Å². The van der Waals surface area contributed by atoms with Gasteiger partial charge in [-0.05, 0) is 63.2 Å². The van der Waals surface area contributed by atoms with Crippen molar-refractivity contribution in [2.24, 2.45) is 5.10 Å². The first-order valence-electron chi connectivity index (χ1n) is 9.85. The lowest BCUT2D eigenvalue weighted by molar-refractivity contribution is -0.123. The van der Waals surface area contributed by atoms with Crippen LogP contribution in [0.2, 0.25) is 0 Å². The van der Waals surface area contributed by atoms with Crippen LogP contribution in [0.25, 0.3) is 11.1 Å². The maximum atomic E-state index is 12.1. The molecule has 0 aliphatic carbocycles. The molecule has 0 aliphatic heterocycles. The van der Waals surface area contributed by atoms with E-state index in [1.807, 2.05) is 67.6 Å². The van der Waals surface area contributed by atoms with Crippen molar-refractivity contribution in [3.05, 3.63) is 88.4 Å². The van der Waals surface area contributed by atoms with Crippen molar-refractivity contribution in [2.45, 2.75) is 26.7 Å². The van der Waals surface area contributed by atoms with Gasteiger partial charge in [-0.2, -0.15) is 5.10 Å². The summed E-state index contributed by atoms with van der Waals surface area (Å²) in [5.41, 5.74) is 7.74. The number of amides is 1. The highest BCUT2D eigenvalue weighted by atomic mass is 79.9. The van der Waals surface area contributed by atoms with Crippen LogP contribution >= 0.6 is 15.9 Å². The normalized spacial score (nSPS) is 11.4. The number of ether oxygens (including phenoxy) is 1. The molecule has 0 saturated heterocycles. The lowest BCUT2D eigenvalue weighted by atomic mass is 10.0. The fourth-order valence-electron chi connectivity index (χ4n) is 2.91. The van der Waals surface area contributed by atoms with Crippen LogP contribution in [0.15, 0.2) is 82.4 Å². The monoisotopic (exact) mass is 464 g/mol. The summed E-state index contributed by atoms with van der Waals surface area (Å²) in [6.07, 6.45) is 0. The number of carbonyl (C=O) groups excluding carboxylic acids is 1. The van der Waals surface area contributed by atoms with Crippen LogP contribution in [-0.4, -0.2) is 18.2 Å². The van der Waals surface area contributed by atoms with E-state index in [2.05, 4.69) is 52.4 Å². The molecule has 5 heteroatoms. The highest BCUT2D eigenvalue weighted by molar-refractivity contribution is 9.10. The molecule has 0 aromatic heterocycles. The van der Waals surface area contributed by atoms with Crippen molar-refractivity contribution in [3.8, 4) is 16.9 Å². The van der Waals surface area contributed by atoms with E-state index in [-0.39, 0.29) is 12.5 Å². The van der Waals surface area contributed by atoms with Gasteiger partial charge in [-0.25, -0.2) is 5.43 Å². The highest BCUT2D eigenvalue weighted by Crippen LogP contribution is 2.28. The van der Waals surface area contributed by atoms with Crippen molar-refractivity contribution in [1.82, 2.24) is 5.43 Å². The molecule has 0 unspecified atom stereocenters. The van der Waals surface area contributed by atoms with E-state index < -0.39 is 0 Å². The Morgan fingerprint density at radius 2 is 1.67 bits per heavy atom. The summed E-state index contributed by atoms with van der Waals surface area (Å²) < 4.78 is 6.44. The van der Waals surface area contributed by atoms with Crippen LogP contribution in [-0.2, 0) is 4.79 Å². The molecule has 0 radical (unpaired) electrons. The van der Waals surface area contributed by atoms with Gasteiger partial charge in [-0.15, -0.1) is 0 Å². The molecule has 0 atom stereocenters. The van der Waals surface area contributed by atoms with E-state index in [1.54, 1.807) is 0 Å². The lowest BCUT2D eigenvalue weighted by Gasteiger charge is -2.11. The Bertz CT molecular complexity index is 1030. The number of hydrazone groups is 1. The number of nitrogens with one attached hydrogen (secondary N) is 1. The minimum absolute atomic E-state index is 0.108. The number of rotatable bonds is 7. The lowest BCUT2D eigenvalue weighted by Crippen LogP contribution is -2.25. The zero-order valence-corrected chi connectivity index (χ0v) is 18.9. The van der Waals surface area contributed by atoms with Crippen LogP contribution in [0.4, 0.5) is 0 Å². The van der Waals surface area contributed by atoms with Crippen LogP contribution < -0.4 is 10.2 Å². The maximum Gasteiger partial charge on any atom is 0.277 e. The van der Waals surface area contributed by atoms with E-state index in [0.29, 0.717) is 11.7 Å². The fourth-order valence-corrected chi connectivity index (χ4v) is 3.43. The van der Waals surface area contributed by atoms with Gasteiger partial charge in [0.1, 0.15) is 5.75 Å². The first kappa shape index (κ1) is 21.8. The average molecular weight is 465 g/mol. The van der Waals surface area contributed by atoms with E-state index >= 15 is 0 Å². The SMILES string of the molecule is C/C(=N\NC(=O)COc1ccc(C(C)C)cc1Br)c1ccc(-c2ccccc2)cc1. The van der Waals surface area contributed by atoms with Crippen molar-refractivity contribution < 1.29 is 9.53 Å². The van der Waals surface area contributed by atoms with Crippen molar-refractivity contribution >= 4 is 27.5 Å². The van der Waals surface area contributed by atoms with Crippen molar-refractivity contribution in [2.75, 3.05) is 6.61 Å². The molecular formula is C25H25BrN2O2. The van der Waals surface area contributed by atoms with Gasteiger partial charge in [0, 0.05) is 0 Å². The van der Waals surface area contributed by atoms with E-state index in [0.717, 1.165) is 26.9 Å². The third-order valence-electron chi connectivity index (χ3n) is 4.74. The Labute approximate surface area is 186 Å². The molecule has 1 N–H and O–H groups in total. The van der Waals surface area contributed by atoms with Gasteiger partial charge in [0.2, 0.25) is 0 Å². The van der Waals surface area contributed by atoms with Gasteiger partial charge in [0.15, 0.2) is 6.61 Å². The minimum Gasteiger partial charge on any atom is -0.483 e. The average Bonchev–Trinajstić information content (AvgIpc) is 2.77. The number of nitrogens with zero attached hydrogens (tertiary/aromatic N) is 1. The molecule has 30 heavy (non-hydrogen) atoms. The van der Waals surface area contributed by atoms with Gasteiger partial charge in [-0.1, -0.05) is 74.5 Å². The van der Waals surface area contributed by atoms with Gasteiger partial charge < -0.3 is 4.74 Å². The largest absolute Gasteiger partial charge is 0.483 e. The van der Waals surface area contributed by atoms with Crippen LogP contribution in [0.5, 0.6) is 5.75 Å². The molecule has 154 valence electrons. The molecule has 0 fully saturated rings. The molecule has 0 heterocycles. The molecule has 3 rings (SSSR count). The molecule has 0 spiro atoms. The Morgan fingerprint density at radius 1 is 1.00 bits per heavy atom. The van der Waals surface area contributed by atoms with Crippen LogP contribution in [0.3, 0.4) is 0 Å². The Kier molecular flexibility index (Phi) is 7.41. The summed E-state index contributed by atoms with van der Waals surface area (Å²) in [5, 5.41) is 4.19. The molecule has 3 aromatic carbocycles. The van der Waals surface area contributed by atoms with Gasteiger partial charge in [0.05, 0.1) is 10.2 Å². The number of hydrogen-bond donors (Lipinski definition) is 1. The maximum absolute atomic E-state index is 12.1. The zero-order valence-electron chi connectivity index (χ0n) is 17.4. The smallest absolute Gasteiger partial charge is 0.277 e.